The molecule has 3 N–H and O–H groups in total. The molecule has 2 amide bonds. The minimum absolute atomic E-state index is 0.0171. The third kappa shape index (κ3) is 5.51. The molecule has 5 heterocycles. The Morgan fingerprint density at radius 1 is 1.24 bits per heavy atom. The van der Waals surface area contributed by atoms with E-state index in [1.807, 2.05) is 7.05 Å². The van der Waals surface area contributed by atoms with Gasteiger partial charge >= 0.3 is 0 Å². The SMILES string of the molecule is C#Cc1ccc2[nH]c(S(=O)(=O)N3CCN(C(=O)c4nc5c(s4)CN(C)CC5)C(CC(=O)NCc4nn[nH]n4)C3)cc2c1. The van der Waals surface area contributed by atoms with Gasteiger partial charge in [-0.3, -0.25) is 9.59 Å². The van der Waals surface area contributed by atoms with E-state index >= 15 is 0 Å². The average Bonchev–Trinajstić information content (AvgIpc) is 3.75. The van der Waals surface area contributed by atoms with Crippen molar-refractivity contribution in [2.75, 3.05) is 33.2 Å². The number of nitrogens with zero attached hydrogens (tertiary/aromatic N) is 7. The Balaban J connectivity index is 1.25. The van der Waals surface area contributed by atoms with Crippen molar-refractivity contribution >= 4 is 44.1 Å². The highest BCUT2D eigenvalue weighted by Crippen LogP contribution is 2.29. The van der Waals surface area contributed by atoms with Crippen LogP contribution in [0.4, 0.5) is 0 Å². The van der Waals surface area contributed by atoms with Crippen molar-refractivity contribution < 1.29 is 18.0 Å². The van der Waals surface area contributed by atoms with Crippen LogP contribution in [-0.4, -0.2) is 104 Å². The standard InChI is InChI=1S/C26H28N10O4S2/c1-3-16-4-5-19-17(10-16)11-24(28-19)42(39,40)35-8-9-36(18(14-35)12-23(37)27-13-22-30-32-33-31-22)26(38)25-29-20-6-7-34(2)15-21(20)41-25/h1,4-5,10-11,18,28H,6-9,12-15H2,2H3,(H,27,37)(H,30,31,32,33). The molecule has 0 aliphatic carbocycles. The lowest BCUT2D eigenvalue weighted by molar-refractivity contribution is -0.122. The molecule has 1 unspecified atom stereocenters. The van der Waals surface area contributed by atoms with Crippen LogP contribution in [0.1, 0.15) is 38.2 Å². The summed E-state index contributed by atoms with van der Waals surface area (Å²) in [5, 5.41) is 17.2. The van der Waals surface area contributed by atoms with Crippen LogP contribution in [0.5, 0.6) is 0 Å². The van der Waals surface area contributed by atoms with Gasteiger partial charge in [-0.15, -0.1) is 28.0 Å². The minimum atomic E-state index is -3.98. The second kappa shape index (κ2) is 11.2. The summed E-state index contributed by atoms with van der Waals surface area (Å²) in [6, 6.07) is 6.03. The number of carbonyl (C=O) groups excluding carboxylic acids is 2. The van der Waals surface area contributed by atoms with Crippen LogP contribution >= 0.6 is 11.3 Å². The van der Waals surface area contributed by atoms with Gasteiger partial charge in [0.25, 0.3) is 15.9 Å². The topological polar surface area (TPSA) is 173 Å². The lowest BCUT2D eigenvalue weighted by atomic mass is 10.1. The van der Waals surface area contributed by atoms with Crippen LogP contribution in [0.15, 0.2) is 29.3 Å². The van der Waals surface area contributed by atoms with Crippen molar-refractivity contribution in [1.29, 1.82) is 0 Å². The number of piperazine rings is 1. The number of carbonyl (C=O) groups is 2. The Bertz CT molecular complexity index is 1790. The number of nitrogens with one attached hydrogen (secondary N) is 3. The molecule has 0 spiro atoms. The van der Waals surface area contributed by atoms with Gasteiger partial charge in [0.05, 0.1) is 18.3 Å². The summed E-state index contributed by atoms with van der Waals surface area (Å²) in [5.74, 6) is 2.16. The molecule has 2 aliphatic heterocycles. The number of tetrazole rings is 1. The summed E-state index contributed by atoms with van der Waals surface area (Å²) in [7, 11) is -1.95. The van der Waals surface area contributed by atoms with Gasteiger partial charge in [-0.25, -0.2) is 13.4 Å². The molecule has 14 nitrogen and oxygen atoms in total. The highest BCUT2D eigenvalue weighted by Gasteiger charge is 2.39. The van der Waals surface area contributed by atoms with Crippen molar-refractivity contribution in [1.82, 2.24) is 50.0 Å². The van der Waals surface area contributed by atoms with Gasteiger partial charge in [0.2, 0.25) is 5.91 Å². The Morgan fingerprint density at radius 2 is 2.10 bits per heavy atom. The maximum Gasteiger partial charge on any atom is 0.283 e. The van der Waals surface area contributed by atoms with E-state index < -0.39 is 16.1 Å². The number of aromatic amines is 2. The van der Waals surface area contributed by atoms with Crippen molar-refractivity contribution in [3.05, 3.63) is 51.2 Å². The lowest BCUT2D eigenvalue weighted by Gasteiger charge is -2.40. The van der Waals surface area contributed by atoms with Crippen molar-refractivity contribution in [3.8, 4) is 12.3 Å². The van der Waals surface area contributed by atoms with Crippen LogP contribution in [0.2, 0.25) is 0 Å². The summed E-state index contributed by atoms with van der Waals surface area (Å²) >= 11 is 1.36. The number of thiazole rings is 1. The van der Waals surface area contributed by atoms with Crippen molar-refractivity contribution in [2.24, 2.45) is 0 Å². The summed E-state index contributed by atoms with van der Waals surface area (Å²) in [4.78, 5) is 39.1. The zero-order valence-corrected chi connectivity index (χ0v) is 24.3. The third-order valence-electron chi connectivity index (χ3n) is 7.45. The van der Waals surface area contributed by atoms with E-state index in [0.29, 0.717) is 27.3 Å². The van der Waals surface area contributed by atoms with Crippen molar-refractivity contribution in [3.63, 3.8) is 0 Å². The van der Waals surface area contributed by atoms with E-state index in [9.17, 15) is 18.0 Å². The fraction of sp³-hybridized carbons (Fsp3) is 0.385. The Hall–Kier alpha value is -4.17. The number of hydrogen-bond donors (Lipinski definition) is 3. The lowest BCUT2D eigenvalue weighted by Crippen LogP contribution is -2.57. The van der Waals surface area contributed by atoms with Crippen LogP contribution in [0, 0.1) is 12.3 Å². The average molecular weight is 609 g/mol. The monoisotopic (exact) mass is 608 g/mol. The number of fused-ring (bicyclic) bond motifs is 2. The van der Waals surface area contributed by atoms with E-state index in [1.54, 1.807) is 29.2 Å². The Morgan fingerprint density at radius 3 is 2.88 bits per heavy atom. The molecule has 1 aromatic carbocycles. The molecule has 2 aliphatic rings. The summed E-state index contributed by atoms with van der Waals surface area (Å²) in [6.45, 7) is 1.73. The van der Waals surface area contributed by atoms with Gasteiger partial charge in [-0.1, -0.05) is 11.1 Å². The molecular weight excluding hydrogens is 580 g/mol. The second-order valence-corrected chi connectivity index (χ2v) is 13.3. The zero-order chi connectivity index (χ0) is 29.4. The third-order valence-corrected chi connectivity index (χ3v) is 10.3. The van der Waals surface area contributed by atoms with E-state index in [2.05, 4.69) is 46.7 Å². The molecule has 3 aromatic heterocycles. The number of likely N-dealkylation sites (N-methyl/N-ethyl adjacent to an activating group) is 1. The molecule has 1 saturated heterocycles. The molecule has 0 radical (unpaired) electrons. The molecule has 42 heavy (non-hydrogen) atoms. The van der Waals surface area contributed by atoms with Crippen LogP contribution in [-0.2, 0) is 34.3 Å². The number of terminal acetylenes is 1. The van der Waals surface area contributed by atoms with Gasteiger partial charge in [0.15, 0.2) is 10.8 Å². The Kier molecular flexibility index (Phi) is 7.49. The molecule has 6 rings (SSSR count). The van der Waals surface area contributed by atoms with Crippen molar-refractivity contribution in [2.45, 2.75) is 37.0 Å². The molecule has 1 atom stereocenters. The number of rotatable bonds is 7. The largest absolute Gasteiger partial charge is 0.349 e. The number of H-pyrrole nitrogens is 2. The minimum Gasteiger partial charge on any atom is -0.349 e. The molecule has 1 fully saturated rings. The second-order valence-electron chi connectivity index (χ2n) is 10.3. The fourth-order valence-electron chi connectivity index (χ4n) is 5.22. The first kappa shape index (κ1) is 28.0. The highest BCUT2D eigenvalue weighted by molar-refractivity contribution is 7.89. The summed E-state index contributed by atoms with van der Waals surface area (Å²) < 4.78 is 28.8. The number of benzene rings is 1. The van der Waals surface area contributed by atoms with E-state index in [0.717, 1.165) is 30.1 Å². The molecule has 0 bridgehead atoms. The smallest absolute Gasteiger partial charge is 0.283 e. The van der Waals surface area contributed by atoms with Crippen LogP contribution in [0.25, 0.3) is 10.9 Å². The normalized spacial score (nSPS) is 18.1. The number of aromatic nitrogens is 6. The predicted molar refractivity (Wildman–Crippen MR) is 153 cm³/mol. The maximum atomic E-state index is 13.7. The van der Waals surface area contributed by atoms with Gasteiger partial charge in [0.1, 0.15) is 5.03 Å². The fourth-order valence-corrected chi connectivity index (χ4v) is 7.85. The quantitative estimate of drug-likeness (QED) is 0.250. The first-order valence-electron chi connectivity index (χ1n) is 13.3. The molecule has 218 valence electrons. The van der Waals surface area contributed by atoms with Gasteiger partial charge in [0, 0.05) is 66.9 Å². The van der Waals surface area contributed by atoms with Crippen LogP contribution < -0.4 is 5.32 Å². The molecule has 0 saturated carbocycles. The first-order valence-corrected chi connectivity index (χ1v) is 15.5. The zero-order valence-electron chi connectivity index (χ0n) is 22.7. The predicted octanol–water partition coefficient (Wildman–Crippen LogP) is 0.329. The Labute approximate surface area is 245 Å². The number of hydrogen-bond acceptors (Lipinski definition) is 10. The van der Waals surface area contributed by atoms with Gasteiger partial charge < -0.3 is 20.1 Å². The van der Waals surface area contributed by atoms with Gasteiger partial charge in [-0.2, -0.15) is 9.52 Å². The van der Waals surface area contributed by atoms with E-state index in [1.165, 1.54) is 15.6 Å². The van der Waals surface area contributed by atoms with Crippen LogP contribution in [0.3, 0.4) is 0 Å². The number of sulfonamides is 1. The van der Waals surface area contributed by atoms with E-state index in [4.69, 9.17) is 6.42 Å². The molecule has 4 aromatic rings. The maximum absolute atomic E-state index is 13.7. The van der Waals surface area contributed by atoms with Gasteiger partial charge in [-0.05, 0) is 31.3 Å². The molecule has 16 heteroatoms. The summed E-state index contributed by atoms with van der Waals surface area (Å²) in [5.41, 5.74) is 2.20. The summed E-state index contributed by atoms with van der Waals surface area (Å²) in [6.07, 6.45) is 6.14. The first-order chi connectivity index (χ1) is 20.2. The highest BCUT2D eigenvalue weighted by atomic mass is 32.2. The number of amides is 2. The van der Waals surface area contributed by atoms with E-state index in [-0.39, 0.29) is 49.4 Å². The molecular formula is C26H28N10O4S2.